The van der Waals surface area contributed by atoms with Gasteiger partial charge >= 0.3 is 0 Å². The quantitative estimate of drug-likeness (QED) is 0.763. The van der Waals surface area contributed by atoms with E-state index in [1.165, 1.54) is 10.4 Å². The van der Waals surface area contributed by atoms with Crippen LogP contribution in [0.3, 0.4) is 0 Å². The minimum Gasteiger partial charge on any atom is -0.222 e. The van der Waals surface area contributed by atoms with Crippen molar-refractivity contribution in [2.24, 2.45) is 0 Å². The highest BCUT2D eigenvalue weighted by Gasteiger charge is 2.12. The monoisotopic (exact) mass is 254 g/mol. The molecule has 2 aromatic heterocycles. The van der Waals surface area contributed by atoms with Gasteiger partial charge in [-0.25, -0.2) is 9.97 Å². The van der Waals surface area contributed by atoms with E-state index in [2.05, 4.69) is 30.7 Å². The summed E-state index contributed by atoms with van der Waals surface area (Å²) in [5.74, 6) is 0.876. The molecule has 0 radical (unpaired) electrons. The Kier molecular flexibility index (Phi) is 3.45. The van der Waals surface area contributed by atoms with Crippen molar-refractivity contribution in [3.63, 3.8) is 0 Å². The van der Waals surface area contributed by atoms with E-state index in [1.54, 1.807) is 11.3 Å². The van der Waals surface area contributed by atoms with E-state index in [0.29, 0.717) is 5.15 Å². The number of nitrogens with zero attached hydrogens (tertiary/aromatic N) is 2. The van der Waals surface area contributed by atoms with Crippen molar-refractivity contribution in [2.45, 2.75) is 40.0 Å². The first-order chi connectivity index (χ1) is 7.63. The zero-order valence-electron chi connectivity index (χ0n) is 9.80. The molecule has 0 bridgehead atoms. The van der Waals surface area contributed by atoms with Gasteiger partial charge in [0.2, 0.25) is 0 Å². The van der Waals surface area contributed by atoms with Crippen LogP contribution in [0.25, 0.3) is 10.2 Å². The summed E-state index contributed by atoms with van der Waals surface area (Å²) in [6.07, 6.45) is 3.19. The summed E-state index contributed by atoms with van der Waals surface area (Å²) in [5, 5.41) is 1.64. The fraction of sp³-hybridized carbons (Fsp3) is 0.500. The topological polar surface area (TPSA) is 25.8 Å². The summed E-state index contributed by atoms with van der Waals surface area (Å²) in [4.78, 5) is 11.3. The second-order valence-corrected chi connectivity index (χ2v) is 5.56. The SMILES string of the molecule is CCCCc1nc(Cl)c2c(C)c(C)sc2n1. The molecule has 0 unspecified atom stereocenters. The average Bonchev–Trinajstić information content (AvgIpc) is 2.52. The fourth-order valence-corrected chi connectivity index (χ4v) is 3.12. The summed E-state index contributed by atoms with van der Waals surface area (Å²) in [7, 11) is 0. The summed E-state index contributed by atoms with van der Waals surface area (Å²) in [6, 6.07) is 0. The van der Waals surface area contributed by atoms with Crippen molar-refractivity contribution in [3.05, 3.63) is 21.4 Å². The van der Waals surface area contributed by atoms with Crippen LogP contribution in [-0.4, -0.2) is 9.97 Å². The van der Waals surface area contributed by atoms with Crippen LogP contribution in [-0.2, 0) is 6.42 Å². The summed E-state index contributed by atoms with van der Waals surface area (Å²) >= 11 is 7.92. The van der Waals surface area contributed by atoms with Crippen LogP contribution in [0.5, 0.6) is 0 Å². The third-order valence-corrected chi connectivity index (χ3v) is 4.16. The number of rotatable bonds is 3. The summed E-state index contributed by atoms with van der Waals surface area (Å²) < 4.78 is 0. The van der Waals surface area contributed by atoms with Crippen molar-refractivity contribution in [1.82, 2.24) is 9.97 Å². The van der Waals surface area contributed by atoms with Crippen molar-refractivity contribution < 1.29 is 0 Å². The number of unbranched alkanes of at least 4 members (excludes halogenated alkanes) is 1. The molecule has 0 aliphatic rings. The van der Waals surface area contributed by atoms with Gasteiger partial charge in [-0.3, -0.25) is 0 Å². The van der Waals surface area contributed by atoms with Gasteiger partial charge < -0.3 is 0 Å². The van der Waals surface area contributed by atoms with Gasteiger partial charge in [0, 0.05) is 11.3 Å². The smallest absolute Gasteiger partial charge is 0.141 e. The van der Waals surface area contributed by atoms with Crippen LogP contribution in [0, 0.1) is 13.8 Å². The number of hydrogen-bond donors (Lipinski definition) is 0. The molecule has 0 aliphatic heterocycles. The standard InChI is InChI=1S/C12H15ClN2S/c1-4-5-6-9-14-11(13)10-7(2)8(3)16-12(10)15-9/h4-6H2,1-3H3. The Morgan fingerprint density at radius 3 is 2.69 bits per heavy atom. The number of hydrogen-bond acceptors (Lipinski definition) is 3. The lowest BCUT2D eigenvalue weighted by Gasteiger charge is -2.01. The van der Waals surface area contributed by atoms with E-state index < -0.39 is 0 Å². The second-order valence-electron chi connectivity index (χ2n) is 4.00. The lowest BCUT2D eigenvalue weighted by atomic mass is 10.2. The molecule has 0 saturated carbocycles. The Morgan fingerprint density at radius 1 is 1.25 bits per heavy atom. The van der Waals surface area contributed by atoms with Crippen LogP contribution in [0.4, 0.5) is 0 Å². The third-order valence-electron chi connectivity index (χ3n) is 2.78. The Hall–Kier alpha value is -0.670. The Bertz CT molecular complexity index is 519. The lowest BCUT2D eigenvalue weighted by Crippen LogP contribution is -1.95. The molecule has 0 aromatic carbocycles. The number of halogens is 1. The van der Waals surface area contributed by atoms with E-state index in [-0.39, 0.29) is 0 Å². The van der Waals surface area contributed by atoms with Crippen molar-refractivity contribution in [2.75, 3.05) is 0 Å². The number of aromatic nitrogens is 2. The van der Waals surface area contributed by atoms with Gasteiger partial charge in [-0.05, 0) is 25.8 Å². The Labute approximate surface area is 105 Å². The molecule has 2 aromatic rings. The van der Waals surface area contributed by atoms with E-state index >= 15 is 0 Å². The van der Waals surface area contributed by atoms with Gasteiger partial charge in [0.25, 0.3) is 0 Å². The first-order valence-corrected chi connectivity index (χ1v) is 6.75. The summed E-state index contributed by atoms with van der Waals surface area (Å²) in [5.41, 5.74) is 1.21. The normalized spacial score (nSPS) is 11.2. The van der Waals surface area contributed by atoms with Gasteiger partial charge in [0.15, 0.2) is 0 Å². The van der Waals surface area contributed by atoms with Crippen LogP contribution in [0.2, 0.25) is 5.15 Å². The maximum Gasteiger partial charge on any atom is 0.141 e. The van der Waals surface area contributed by atoms with Crippen LogP contribution in [0.15, 0.2) is 0 Å². The highest BCUT2D eigenvalue weighted by molar-refractivity contribution is 7.18. The molecule has 0 saturated heterocycles. The van der Waals surface area contributed by atoms with E-state index in [0.717, 1.165) is 35.3 Å². The van der Waals surface area contributed by atoms with Crippen LogP contribution < -0.4 is 0 Å². The number of aryl methyl sites for hydroxylation is 3. The molecule has 2 heterocycles. The zero-order valence-corrected chi connectivity index (χ0v) is 11.4. The molecule has 2 nitrogen and oxygen atoms in total. The van der Waals surface area contributed by atoms with E-state index in [1.807, 2.05) is 0 Å². The minimum atomic E-state index is 0.609. The van der Waals surface area contributed by atoms with Gasteiger partial charge in [0.05, 0.1) is 5.39 Å². The van der Waals surface area contributed by atoms with Crippen molar-refractivity contribution in [1.29, 1.82) is 0 Å². The Morgan fingerprint density at radius 2 is 2.00 bits per heavy atom. The Balaban J connectivity index is 2.51. The average molecular weight is 255 g/mol. The van der Waals surface area contributed by atoms with Gasteiger partial charge in [-0.15, -0.1) is 11.3 Å². The third kappa shape index (κ3) is 2.06. The molecule has 4 heteroatoms. The molecule has 86 valence electrons. The number of thiophene rings is 1. The van der Waals surface area contributed by atoms with Crippen molar-refractivity contribution >= 4 is 33.2 Å². The van der Waals surface area contributed by atoms with E-state index in [9.17, 15) is 0 Å². The van der Waals surface area contributed by atoms with Crippen molar-refractivity contribution in [3.8, 4) is 0 Å². The molecule has 16 heavy (non-hydrogen) atoms. The molecule has 0 fully saturated rings. The van der Waals surface area contributed by atoms with Gasteiger partial charge in [-0.1, -0.05) is 24.9 Å². The highest BCUT2D eigenvalue weighted by atomic mass is 35.5. The molecule has 0 spiro atoms. The summed E-state index contributed by atoms with van der Waals surface area (Å²) in [6.45, 7) is 6.35. The maximum absolute atomic E-state index is 6.22. The maximum atomic E-state index is 6.22. The molecular formula is C12H15ClN2S. The number of fused-ring (bicyclic) bond motifs is 1. The van der Waals surface area contributed by atoms with Gasteiger partial charge in [-0.2, -0.15) is 0 Å². The predicted molar refractivity (Wildman–Crippen MR) is 70.5 cm³/mol. The largest absolute Gasteiger partial charge is 0.222 e. The molecule has 0 N–H and O–H groups in total. The molecule has 0 amide bonds. The van der Waals surface area contributed by atoms with E-state index in [4.69, 9.17) is 11.6 Å². The molecule has 2 rings (SSSR count). The first-order valence-electron chi connectivity index (χ1n) is 5.55. The second kappa shape index (κ2) is 4.68. The van der Waals surface area contributed by atoms with Crippen LogP contribution >= 0.6 is 22.9 Å². The molecular weight excluding hydrogens is 240 g/mol. The van der Waals surface area contributed by atoms with Crippen LogP contribution in [0.1, 0.15) is 36.0 Å². The lowest BCUT2D eigenvalue weighted by molar-refractivity contribution is 0.757. The fourth-order valence-electron chi connectivity index (χ4n) is 1.69. The molecule has 0 atom stereocenters. The predicted octanol–water partition coefficient (Wildman–Crippen LogP) is 4.30. The zero-order chi connectivity index (χ0) is 11.7. The van der Waals surface area contributed by atoms with Gasteiger partial charge in [0.1, 0.15) is 15.8 Å². The minimum absolute atomic E-state index is 0.609. The molecule has 0 aliphatic carbocycles. The highest BCUT2D eigenvalue weighted by Crippen LogP contribution is 2.32. The first kappa shape index (κ1) is 11.8.